The van der Waals surface area contributed by atoms with Gasteiger partial charge in [-0.3, -0.25) is 10.1 Å². The second-order valence-electron chi connectivity index (χ2n) is 4.28. The summed E-state index contributed by atoms with van der Waals surface area (Å²) in [7, 11) is 0. The summed E-state index contributed by atoms with van der Waals surface area (Å²) in [6, 6.07) is 3.15. The van der Waals surface area contributed by atoms with Crippen LogP contribution in [0.3, 0.4) is 0 Å². The monoisotopic (exact) mass is 237 g/mol. The van der Waals surface area contributed by atoms with Gasteiger partial charge in [0.1, 0.15) is 0 Å². The first-order valence-corrected chi connectivity index (χ1v) is 5.71. The molecule has 0 saturated heterocycles. The Labute approximate surface area is 98.8 Å². The summed E-state index contributed by atoms with van der Waals surface area (Å²) in [5.74, 6) is 0.318. The number of nitrogens with zero attached hydrogens (tertiary/aromatic N) is 2. The Kier molecular flexibility index (Phi) is 3.53. The van der Waals surface area contributed by atoms with Crippen molar-refractivity contribution in [3.05, 3.63) is 28.4 Å². The van der Waals surface area contributed by atoms with Gasteiger partial charge in [0.15, 0.2) is 0 Å². The van der Waals surface area contributed by atoms with Crippen LogP contribution < -0.4 is 5.32 Å². The molecule has 17 heavy (non-hydrogen) atoms. The van der Waals surface area contributed by atoms with Gasteiger partial charge in [-0.15, -0.1) is 0 Å². The van der Waals surface area contributed by atoms with E-state index < -0.39 is 4.92 Å². The van der Waals surface area contributed by atoms with Gasteiger partial charge >= 0.3 is 5.69 Å². The number of aromatic nitrogens is 1. The molecule has 6 nitrogen and oxygen atoms in total. The minimum Gasteiger partial charge on any atom is -0.393 e. The van der Waals surface area contributed by atoms with Gasteiger partial charge in [0.2, 0.25) is 5.82 Å². The maximum atomic E-state index is 10.8. The van der Waals surface area contributed by atoms with Gasteiger partial charge in [0.25, 0.3) is 0 Å². The summed E-state index contributed by atoms with van der Waals surface area (Å²) >= 11 is 0. The highest BCUT2D eigenvalue weighted by atomic mass is 16.6. The van der Waals surface area contributed by atoms with E-state index in [0.29, 0.717) is 5.82 Å². The smallest absolute Gasteiger partial charge is 0.311 e. The summed E-state index contributed by atoms with van der Waals surface area (Å²) < 4.78 is 0. The topological polar surface area (TPSA) is 88.3 Å². The molecule has 1 aliphatic carbocycles. The number of nitro groups is 1. The van der Waals surface area contributed by atoms with E-state index >= 15 is 0 Å². The first-order chi connectivity index (χ1) is 8.16. The molecule has 1 aromatic heterocycles. The molecule has 1 saturated carbocycles. The standard InChI is InChI=1S/C11H15N3O3/c15-9-5-3-8(4-6-9)13-11-10(14(16)17)2-1-7-12-11/h1-2,7-9,15H,3-6H2,(H,12,13). The lowest BCUT2D eigenvalue weighted by Gasteiger charge is -2.26. The number of rotatable bonds is 3. The lowest BCUT2D eigenvalue weighted by molar-refractivity contribution is -0.384. The van der Waals surface area contributed by atoms with Crippen molar-refractivity contribution in [2.45, 2.75) is 37.8 Å². The van der Waals surface area contributed by atoms with Gasteiger partial charge < -0.3 is 10.4 Å². The lowest BCUT2D eigenvalue weighted by Crippen LogP contribution is -2.28. The zero-order valence-corrected chi connectivity index (χ0v) is 9.37. The molecule has 0 radical (unpaired) electrons. The maximum absolute atomic E-state index is 10.8. The van der Waals surface area contributed by atoms with E-state index in [1.807, 2.05) is 0 Å². The predicted octanol–water partition coefficient (Wildman–Crippen LogP) is 1.71. The second-order valence-corrected chi connectivity index (χ2v) is 4.28. The van der Waals surface area contributed by atoms with Crippen molar-refractivity contribution < 1.29 is 10.0 Å². The molecule has 6 heteroatoms. The quantitative estimate of drug-likeness (QED) is 0.617. The van der Waals surface area contributed by atoms with Gasteiger partial charge in [-0.25, -0.2) is 4.98 Å². The van der Waals surface area contributed by atoms with Crippen LogP contribution in [0.4, 0.5) is 11.5 Å². The lowest BCUT2D eigenvalue weighted by atomic mass is 9.93. The van der Waals surface area contributed by atoms with E-state index in [1.165, 1.54) is 12.3 Å². The summed E-state index contributed by atoms with van der Waals surface area (Å²) in [4.78, 5) is 14.4. The fourth-order valence-electron chi connectivity index (χ4n) is 2.07. The number of nitrogens with one attached hydrogen (secondary N) is 1. The molecule has 92 valence electrons. The van der Waals surface area contributed by atoms with E-state index in [1.54, 1.807) is 6.07 Å². The van der Waals surface area contributed by atoms with Crippen molar-refractivity contribution in [1.29, 1.82) is 0 Å². The van der Waals surface area contributed by atoms with E-state index in [-0.39, 0.29) is 17.8 Å². The van der Waals surface area contributed by atoms with Crippen LogP contribution in [-0.2, 0) is 0 Å². The fraction of sp³-hybridized carbons (Fsp3) is 0.545. The molecule has 0 aromatic carbocycles. The molecule has 0 unspecified atom stereocenters. The van der Waals surface area contributed by atoms with E-state index in [4.69, 9.17) is 0 Å². The molecule has 0 atom stereocenters. The van der Waals surface area contributed by atoms with Crippen LogP contribution in [0.2, 0.25) is 0 Å². The van der Waals surface area contributed by atoms with Crippen molar-refractivity contribution >= 4 is 11.5 Å². The molecule has 2 rings (SSSR count). The van der Waals surface area contributed by atoms with Gasteiger partial charge in [0, 0.05) is 18.3 Å². The number of aliphatic hydroxyl groups excluding tert-OH is 1. The molecule has 1 aromatic rings. The summed E-state index contributed by atoms with van der Waals surface area (Å²) in [6.07, 6.45) is 4.40. The van der Waals surface area contributed by atoms with Crippen LogP contribution in [0.15, 0.2) is 18.3 Å². The number of aliphatic hydroxyl groups is 1. The highest BCUT2D eigenvalue weighted by molar-refractivity contribution is 5.55. The number of pyridine rings is 1. The highest BCUT2D eigenvalue weighted by Crippen LogP contribution is 2.26. The fourth-order valence-corrected chi connectivity index (χ4v) is 2.07. The molecule has 0 aliphatic heterocycles. The Bertz CT molecular complexity index is 403. The van der Waals surface area contributed by atoms with Crippen LogP contribution >= 0.6 is 0 Å². The van der Waals surface area contributed by atoms with Crippen molar-refractivity contribution in [1.82, 2.24) is 4.98 Å². The SMILES string of the molecule is O=[N+]([O-])c1cccnc1NC1CCC(O)CC1. The van der Waals surface area contributed by atoms with E-state index in [9.17, 15) is 15.2 Å². The zero-order valence-electron chi connectivity index (χ0n) is 9.37. The largest absolute Gasteiger partial charge is 0.393 e. The van der Waals surface area contributed by atoms with Crippen molar-refractivity contribution in [2.75, 3.05) is 5.32 Å². The molecular weight excluding hydrogens is 222 g/mol. The highest BCUT2D eigenvalue weighted by Gasteiger charge is 2.22. The Hall–Kier alpha value is -1.69. The molecular formula is C11H15N3O3. The van der Waals surface area contributed by atoms with Crippen LogP contribution in [0.5, 0.6) is 0 Å². The van der Waals surface area contributed by atoms with Crippen molar-refractivity contribution in [2.24, 2.45) is 0 Å². The Balaban J connectivity index is 2.05. The second kappa shape index (κ2) is 5.09. The van der Waals surface area contributed by atoms with Crippen molar-refractivity contribution in [3.63, 3.8) is 0 Å². The molecule has 0 spiro atoms. The minimum absolute atomic E-state index is 0.00128. The molecule has 0 bridgehead atoms. The Morgan fingerprint density at radius 1 is 1.41 bits per heavy atom. The molecule has 1 heterocycles. The Morgan fingerprint density at radius 3 is 2.76 bits per heavy atom. The van der Waals surface area contributed by atoms with Gasteiger partial charge in [-0.1, -0.05) is 0 Å². The molecule has 1 fully saturated rings. The van der Waals surface area contributed by atoms with Gasteiger partial charge in [0.05, 0.1) is 11.0 Å². The van der Waals surface area contributed by atoms with Crippen LogP contribution in [0, 0.1) is 10.1 Å². The minimum atomic E-state index is -0.437. The number of anilines is 1. The van der Waals surface area contributed by atoms with Crippen LogP contribution in [0.1, 0.15) is 25.7 Å². The first kappa shape index (κ1) is 11.8. The van der Waals surface area contributed by atoms with E-state index in [2.05, 4.69) is 10.3 Å². The third-order valence-corrected chi connectivity index (χ3v) is 3.02. The van der Waals surface area contributed by atoms with Gasteiger partial charge in [-0.05, 0) is 31.7 Å². The van der Waals surface area contributed by atoms with E-state index in [0.717, 1.165) is 25.7 Å². The average Bonchev–Trinajstić information content (AvgIpc) is 2.32. The summed E-state index contributed by atoms with van der Waals surface area (Å²) in [6.45, 7) is 0. The number of hydrogen-bond donors (Lipinski definition) is 2. The van der Waals surface area contributed by atoms with Crippen LogP contribution in [-0.4, -0.2) is 27.2 Å². The first-order valence-electron chi connectivity index (χ1n) is 5.71. The predicted molar refractivity (Wildman–Crippen MR) is 62.8 cm³/mol. The third kappa shape index (κ3) is 2.91. The summed E-state index contributed by atoms with van der Waals surface area (Å²) in [5, 5.41) is 23.3. The van der Waals surface area contributed by atoms with Gasteiger partial charge in [-0.2, -0.15) is 0 Å². The summed E-state index contributed by atoms with van der Waals surface area (Å²) in [5.41, 5.74) is -0.00128. The molecule has 2 N–H and O–H groups in total. The third-order valence-electron chi connectivity index (χ3n) is 3.02. The van der Waals surface area contributed by atoms with Crippen LogP contribution in [0.25, 0.3) is 0 Å². The van der Waals surface area contributed by atoms with Crippen molar-refractivity contribution in [3.8, 4) is 0 Å². The maximum Gasteiger partial charge on any atom is 0.311 e. The molecule has 1 aliphatic rings. The molecule has 0 amide bonds. The Morgan fingerprint density at radius 2 is 2.12 bits per heavy atom. The zero-order chi connectivity index (χ0) is 12.3. The number of hydrogen-bond acceptors (Lipinski definition) is 5. The average molecular weight is 237 g/mol. The normalized spacial score (nSPS) is 24.3.